The van der Waals surface area contributed by atoms with Gasteiger partial charge in [-0.1, -0.05) is 6.92 Å². The molecule has 0 bridgehead atoms. The number of aromatic nitrogens is 2. The van der Waals surface area contributed by atoms with Gasteiger partial charge in [-0.3, -0.25) is 5.10 Å². The lowest BCUT2D eigenvalue weighted by Gasteiger charge is -2.13. The molecular weight excluding hydrogens is 252 g/mol. The van der Waals surface area contributed by atoms with Crippen LogP contribution in [-0.2, 0) is 16.6 Å². The van der Waals surface area contributed by atoms with E-state index in [0.29, 0.717) is 18.0 Å². The quantitative estimate of drug-likeness (QED) is 0.678. The molecule has 1 heterocycles. The molecule has 1 saturated carbocycles. The molecule has 1 atom stereocenters. The number of hydrogen-bond acceptors (Lipinski definition) is 4. The van der Waals surface area contributed by atoms with Gasteiger partial charge in [-0.2, -0.15) is 5.10 Å². The highest BCUT2D eigenvalue weighted by Gasteiger charge is 2.32. The van der Waals surface area contributed by atoms with Gasteiger partial charge in [0.05, 0.1) is 6.20 Å². The van der Waals surface area contributed by atoms with Crippen LogP contribution < -0.4 is 10.0 Å². The van der Waals surface area contributed by atoms with Crippen molar-refractivity contribution in [1.29, 1.82) is 0 Å². The lowest BCUT2D eigenvalue weighted by atomic mass is 10.2. The summed E-state index contributed by atoms with van der Waals surface area (Å²) in [6.07, 6.45) is 3.77. The summed E-state index contributed by atoms with van der Waals surface area (Å²) in [7, 11) is -3.49. The van der Waals surface area contributed by atoms with Crippen LogP contribution in [0.15, 0.2) is 11.2 Å². The van der Waals surface area contributed by atoms with Gasteiger partial charge in [-0.05, 0) is 32.2 Å². The van der Waals surface area contributed by atoms with Crippen LogP contribution in [0, 0.1) is 5.92 Å². The van der Waals surface area contributed by atoms with Gasteiger partial charge in [-0.25, -0.2) is 13.1 Å². The van der Waals surface area contributed by atoms with Crippen molar-refractivity contribution < 1.29 is 8.42 Å². The minimum Gasteiger partial charge on any atom is -0.313 e. The number of aromatic amines is 1. The Balaban J connectivity index is 2.10. The Morgan fingerprint density at radius 2 is 2.28 bits per heavy atom. The fourth-order valence-electron chi connectivity index (χ4n) is 1.91. The number of nitrogens with zero attached hydrogens (tertiary/aromatic N) is 1. The van der Waals surface area contributed by atoms with Crippen molar-refractivity contribution in [2.75, 3.05) is 6.54 Å². The van der Waals surface area contributed by atoms with E-state index in [1.165, 1.54) is 0 Å². The highest BCUT2D eigenvalue weighted by atomic mass is 32.2. The molecule has 1 unspecified atom stereocenters. The Morgan fingerprint density at radius 3 is 2.89 bits per heavy atom. The van der Waals surface area contributed by atoms with Gasteiger partial charge in [0.2, 0.25) is 0 Å². The average molecular weight is 272 g/mol. The molecule has 1 aromatic rings. The van der Waals surface area contributed by atoms with E-state index < -0.39 is 10.0 Å². The number of H-pyrrole nitrogens is 1. The molecule has 0 amide bonds. The normalized spacial score (nSPS) is 17.9. The molecule has 0 aliphatic heterocycles. The molecular formula is C11H20N4O2S. The Kier molecular flexibility index (Phi) is 4.04. The zero-order valence-electron chi connectivity index (χ0n) is 10.7. The fourth-order valence-corrected chi connectivity index (χ4v) is 3.36. The van der Waals surface area contributed by atoms with Crippen molar-refractivity contribution in [3.63, 3.8) is 0 Å². The molecule has 1 aromatic heterocycles. The van der Waals surface area contributed by atoms with Crippen LogP contribution in [0.4, 0.5) is 0 Å². The molecule has 6 nitrogen and oxygen atoms in total. The minimum atomic E-state index is -3.49. The molecule has 0 spiro atoms. The molecule has 0 saturated heterocycles. The first-order valence-electron chi connectivity index (χ1n) is 6.30. The zero-order valence-corrected chi connectivity index (χ0v) is 11.5. The van der Waals surface area contributed by atoms with Gasteiger partial charge in [0.25, 0.3) is 10.0 Å². The fraction of sp³-hybridized carbons (Fsp3) is 0.727. The van der Waals surface area contributed by atoms with E-state index in [2.05, 4.69) is 20.2 Å². The van der Waals surface area contributed by atoms with Crippen LogP contribution in [0.25, 0.3) is 0 Å². The predicted octanol–water partition coefficient (Wildman–Crippen LogP) is 0.596. The van der Waals surface area contributed by atoms with Crippen molar-refractivity contribution in [2.45, 2.75) is 44.3 Å². The van der Waals surface area contributed by atoms with E-state index in [9.17, 15) is 8.42 Å². The number of nitrogens with one attached hydrogen (secondary N) is 3. The van der Waals surface area contributed by atoms with Crippen LogP contribution in [0.2, 0.25) is 0 Å². The molecule has 1 fully saturated rings. The molecule has 1 aliphatic rings. The van der Waals surface area contributed by atoms with Crippen LogP contribution in [0.5, 0.6) is 0 Å². The van der Waals surface area contributed by atoms with Crippen molar-refractivity contribution in [3.8, 4) is 0 Å². The first kappa shape index (κ1) is 13.5. The van der Waals surface area contributed by atoms with Gasteiger partial charge in [0.1, 0.15) is 0 Å². The number of sulfonamides is 1. The van der Waals surface area contributed by atoms with E-state index >= 15 is 0 Å². The SMILES string of the molecule is CCNCc1cn[nH]c1S(=O)(=O)NC(C)C1CC1. The van der Waals surface area contributed by atoms with Crippen molar-refractivity contribution >= 4 is 10.0 Å². The van der Waals surface area contributed by atoms with Crippen LogP contribution in [0.3, 0.4) is 0 Å². The van der Waals surface area contributed by atoms with Crippen LogP contribution in [0.1, 0.15) is 32.3 Å². The second kappa shape index (κ2) is 5.38. The summed E-state index contributed by atoms with van der Waals surface area (Å²) in [5.74, 6) is 0.486. The molecule has 0 radical (unpaired) electrons. The number of hydrogen-bond donors (Lipinski definition) is 3. The smallest absolute Gasteiger partial charge is 0.258 e. The maximum atomic E-state index is 12.2. The molecule has 7 heteroatoms. The molecule has 1 aliphatic carbocycles. The zero-order chi connectivity index (χ0) is 13.2. The van der Waals surface area contributed by atoms with Gasteiger partial charge < -0.3 is 5.32 Å². The molecule has 0 aromatic carbocycles. The number of rotatable bonds is 7. The standard InChI is InChI=1S/C11H20N4O2S/c1-3-12-6-10-7-13-14-11(10)18(16,17)15-8(2)9-4-5-9/h7-9,12,15H,3-6H2,1-2H3,(H,13,14). The Bertz CT molecular complexity index is 493. The average Bonchev–Trinajstić information content (AvgIpc) is 3.05. The predicted molar refractivity (Wildman–Crippen MR) is 68.5 cm³/mol. The summed E-state index contributed by atoms with van der Waals surface area (Å²) in [5, 5.41) is 9.68. The Labute approximate surface area is 108 Å². The van der Waals surface area contributed by atoms with Crippen molar-refractivity contribution in [3.05, 3.63) is 11.8 Å². The maximum absolute atomic E-state index is 12.2. The summed E-state index contributed by atoms with van der Waals surface area (Å²) >= 11 is 0. The topological polar surface area (TPSA) is 86.9 Å². The molecule has 102 valence electrons. The molecule has 3 N–H and O–H groups in total. The highest BCUT2D eigenvalue weighted by molar-refractivity contribution is 7.89. The third-order valence-electron chi connectivity index (χ3n) is 3.18. The van der Waals surface area contributed by atoms with Gasteiger partial charge in [-0.15, -0.1) is 0 Å². The second-order valence-electron chi connectivity index (χ2n) is 4.75. The van der Waals surface area contributed by atoms with Crippen molar-refractivity contribution in [2.24, 2.45) is 5.92 Å². The van der Waals surface area contributed by atoms with E-state index in [-0.39, 0.29) is 11.1 Å². The third kappa shape index (κ3) is 3.09. The lowest BCUT2D eigenvalue weighted by molar-refractivity contribution is 0.533. The summed E-state index contributed by atoms with van der Waals surface area (Å²) in [4.78, 5) is 0. The van der Waals surface area contributed by atoms with Crippen LogP contribution in [-0.4, -0.2) is 31.2 Å². The van der Waals surface area contributed by atoms with E-state index in [4.69, 9.17) is 0 Å². The van der Waals surface area contributed by atoms with Crippen molar-refractivity contribution in [1.82, 2.24) is 20.2 Å². The highest BCUT2D eigenvalue weighted by Crippen LogP contribution is 2.33. The third-order valence-corrected chi connectivity index (χ3v) is 4.76. The summed E-state index contributed by atoms with van der Waals surface area (Å²) < 4.78 is 27.1. The Morgan fingerprint density at radius 1 is 1.56 bits per heavy atom. The Hall–Kier alpha value is -0.920. The summed E-state index contributed by atoms with van der Waals surface area (Å²) in [6.45, 7) is 5.18. The first-order valence-corrected chi connectivity index (χ1v) is 7.78. The summed E-state index contributed by atoms with van der Waals surface area (Å²) in [6, 6.07) is -0.00900. The van der Waals surface area contributed by atoms with Gasteiger partial charge in [0, 0.05) is 18.2 Å². The second-order valence-corrected chi connectivity index (χ2v) is 6.40. The van der Waals surface area contributed by atoms with Gasteiger partial charge >= 0.3 is 0 Å². The van der Waals surface area contributed by atoms with E-state index in [1.54, 1.807) is 6.20 Å². The molecule has 2 rings (SSSR count). The summed E-state index contributed by atoms with van der Waals surface area (Å²) in [5.41, 5.74) is 0.673. The van der Waals surface area contributed by atoms with Crippen LogP contribution >= 0.6 is 0 Å². The lowest BCUT2D eigenvalue weighted by Crippen LogP contribution is -2.35. The molecule has 18 heavy (non-hydrogen) atoms. The first-order chi connectivity index (χ1) is 8.54. The van der Waals surface area contributed by atoms with Gasteiger partial charge in [0.15, 0.2) is 5.03 Å². The largest absolute Gasteiger partial charge is 0.313 e. The van der Waals surface area contributed by atoms with E-state index in [1.807, 2.05) is 13.8 Å². The van der Waals surface area contributed by atoms with E-state index in [0.717, 1.165) is 19.4 Å². The monoisotopic (exact) mass is 272 g/mol. The maximum Gasteiger partial charge on any atom is 0.258 e. The minimum absolute atomic E-state index is 0.00900.